The van der Waals surface area contributed by atoms with Gasteiger partial charge in [-0.2, -0.15) is 10.1 Å². The largest absolute Gasteiger partial charge is 0.497 e. The van der Waals surface area contributed by atoms with Crippen LogP contribution in [0.25, 0.3) is 11.4 Å². The van der Waals surface area contributed by atoms with Crippen LogP contribution >= 0.6 is 0 Å². The Bertz CT molecular complexity index is 874. The van der Waals surface area contributed by atoms with Gasteiger partial charge in [-0.1, -0.05) is 17.3 Å². The van der Waals surface area contributed by atoms with Gasteiger partial charge in [0.1, 0.15) is 5.75 Å². The van der Waals surface area contributed by atoms with Crippen LogP contribution in [0.4, 0.5) is 11.7 Å². The molecule has 1 aromatic carbocycles. The molecule has 1 saturated heterocycles. The summed E-state index contributed by atoms with van der Waals surface area (Å²) in [4.78, 5) is 6.80. The van der Waals surface area contributed by atoms with Crippen molar-refractivity contribution in [3.8, 4) is 17.1 Å². The van der Waals surface area contributed by atoms with Crippen molar-refractivity contribution in [3.63, 3.8) is 0 Å². The molecule has 1 N–H and O–H groups in total. The molecule has 1 unspecified atom stereocenters. The van der Waals surface area contributed by atoms with E-state index in [9.17, 15) is 0 Å². The van der Waals surface area contributed by atoms with E-state index in [1.807, 2.05) is 48.4 Å². The van der Waals surface area contributed by atoms with Crippen LogP contribution in [0.5, 0.6) is 5.75 Å². The number of ether oxygens (including phenoxy) is 1. The lowest BCUT2D eigenvalue weighted by molar-refractivity contribution is 0.414. The zero-order chi connectivity index (χ0) is 17.9. The standard InChI is InChI=1S/C18H22N6O2/c1-23-12-15(10-19-23)24-8-4-6-14(11-24)20-18-21-17(22-26-18)13-5-3-7-16(9-13)25-2/h3,5,7,9-10,12,14H,4,6,8,11H2,1-2H3,(H,20,21,22). The van der Waals surface area contributed by atoms with Crippen LogP contribution in [0.1, 0.15) is 12.8 Å². The predicted molar refractivity (Wildman–Crippen MR) is 98.4 cm³/mol. The first kappa shape index (κ1) is 16.4. The van der Waals surface area contributed by atoms with Crippen molar-refractivity contribution >= 4 is 11.7 Å². The maximum Gasteiger partial charge on any atom is 0.322 e. The quantitative estimate of drug-likeness (QED) is 0.754. The first-order chi connectivity index (χ1) is 12.7. The zero-order valence-corrected chi connectivity index (χ0v) is 14.9. The van der Waals surface area contributed by atoms with E-state index < -0.39 is 0 Å². The van der Waals surface area contributed by atoms with Crippen LogP contribution in [-0.2, 0) is 7.05 Å². The number of hydrogen-bond acceptors (Lipinski definition) is 7. The summed E-state index contributed by atoms with van der Waals surface area (Å²) in [5.41, 5.74) is 2.00. The second-order valence-corrected chi connectivity index (χ2v) is 6.46. The zero-order valence-electron chi connectivity index (χ0n) is 14.9. The monoisotopic (exact) mass is 354 g/mol. The molecule has 3 heterocycles. The molecule has 8 nitrogen and oxygen atoms in total. The van der Waals surface area contributed by atoms with Crippen molar-refractivity contribution in [2.45, 2.75) is 18.9 Å². The van der Waals surface area contributed by atoms with Gasteiger partial charge in [0.25, 0.3) is 0 Å². The summed E-state index contributed by atoms with van der Waals surface area (Å²) >= 11 is 0. The Morgan fingerprint density at radius 1 is 1.35 bits per heavy atom. The molecule has 1 fully saturated rings. The third kappa shape index (κ3) is 3.49. The highest BCUT2D eigenvalue weighted by Gasteiger charge is 2.22. The van der Waals surface area contributed by atoms with Crippen molar-refractivity contribution in [1.29, 1.82) is 0 Å². The molecule has 0 amide bonds. The molecule has 0 radical (unpaired) electrons. The number of benzene rings is 1. The molecular weight excluding hydrogens is 332 g/mol. The second kappa shape index (κ2) is 7.07. The number of nitrogens with zero attached hydrogens (tertiary/aromatic N) is 5. The molecule has 1 aliphatic rings. The maximum absolute atomic E-state index is 5.39. The van der Waals surface area contributed by atoms with E-state index in [0.717, 1.165) is 42.9 Å². The van der Waals surface area contributed by atoms with Gasteiger partial charge in [0.2, 0.25) is 5.82 Å². The van der Waals surface area contributed by atoms with Gasteiger partial charge in [-0.05, 0) is 25.0 Å². The molecule has 26 heavy (non-hydrogen) atoms. The number of anilines is 2. The fraction of sp³-hybridized carbons (Fsp3) is 0.389. The van der Waals surface area contributed by atoms with Crippen LogP contribution in [0, 0.1) is 0 Å². The summed E-state index contributed by atoms with van der Waals surface area (Å²) in [7, 11) is 3.57. The van der Waals surface area contributed by atoms with Gasteiger partial charge in [-0.15, -0.1) is 0 Å². The fourth-order valence-electron chi connectivity index (χ4n) is 3.24. The highest BCUT2D eigenvalue weighted by atomic mass is 16.5. The van der Waals surface area contributed by atoms with Gasteiger partial charge in [0, 0.05) is 37.9 Å². The molecule has 0 bridgehead atoms. The number of aromatic nitrogens is 4. The minimum atomic E-state index is 0.252. The third-order valence-electron chi connectivity index (χ3n) is 4.56. The third-order valence-corrected chi connectivity index (χ3v) is 4.56. The van der Waals surface area contributed by atoms with Crippen LogP contribution in [0.3, 0.4) is 0 Å². The Balaban J connectivity index is 1.43. The number of nitrogens with one attached hydrogen (secondary N) is 1. The molecule has 1 atom stereocenters. The smallest absolute Gasteiger partial charge is 0.322 e. The molecule has 0 spiro atoms. The summed E-state index contributed by atoms with van der Waals surface area (Å²) in [5.74, 6) is 1.31. The molecule has 2 aromatic heterocycles. The minimum absolute atomic E-state index is 0.252. The van der Waals surface area contributed by atoms with Gasteiger partial charge in [0.15, 0.2) is 0 Å². The lowest BCUT2D eigenvalue weighted by Gasteiger charge is -2.33. The molecule has 1 aliphatic heterocycles. The SMILES string of the molecule is COc1cccc(-c2noc(NC3CCCN(c4cnn(C)c4)C3)n2)c1. The molecular formula is C18H22N6O2. The molecule has 4 rings (SSSR count). The fourth-order valence-corrected chi connectivity index (χ4v) is 3.24. The Morgan fingerprint density at radius 3 is 3.08 bits per heavy atom. The molecule has 3 aromatic rings. The van der Waals surface area contributed by atoms with Crippen LogP contribution in [0.15, 0.2) is 41.2 Å². The van der Waals surface area contributed by atoms with E-state index in [-0.39, 0.29) is 6.04 Å². The van der Waals surface area contributed by atoms with E-state index >= 15 is 0 Å². The van der Waals surface area contributed by atoms with Crippen molar-refractivity contribution in [2.75, 3.05) is 30.4 Å². The van der Waals surface area contributed by atoms with E-state index in [4.69, 9.17) is 9.26 Å². The first-order valence-corrected chi connectivity index (χ1v) is 8.69. The first-order valence-electron chi connectivity index (χ1n) is 8.69. The van der Waals surface area contributed by atoms with E-state index in [1.54, 1.807) is 7.11 Å². The second-order valence-electron chi connectivity index (χ2n) is 6.46. The Hall–Kier alpha value is -3.03. The highest BCUT2D eigenvalue weighted by molar-refractivity contribution is 5.58. The van der Waals surface area contributed by atoms with Crippen molar-refractivity contribution in [3.05, 3.63) is 36.7 Å². The summed E-state index contributed by atoms with van der Waals surface area (Å²) in [6.45, 7) is 1.91. The summed E-state index contributed by atoms with van der Waals surface area (Å²) < 4.78 is 12.5. The molecule has 0 saturated carbocycles. The summed E-state index contributed by atoms with van der Waals surface area (Å²) in [6.07, 6.45) is 6.10. The number of aryl methyl sites for hydroxylation is 1. The van der Waals surface area contributed by atoms with Gasteiger partial charge in [-0.25, -0.2) is 0 Å². The number of piperidine rings is 1. The average Bonchev–Trinajstić information content (AvgIpc) is 3.31. The Kier molecular flexibility index (Phi) is 4.47. The van der Waals surface area contributed by atoms with Gasteiger partial charge < -0.3 is 19.5 Å². The van der Waals surface area contributed by atoms with Gasteiger partial charge >= 0.3 is 6.01 Å². The van der Waals surface area contributed by atoms with Crippen molar-refractivity contribution in [1.82, 2.24) is 19.9 Å². The molecule has 8 heteroatoms. The maximum atomic E-state index is 5.39. The topological polar surface area (TPSA) is 81.2 Å². The number of hydrogen-bond donors (Lipinski definition) is 1. The van der Waals surface area contributed by atoms with Gasteiger partial charge in [-0.3, -0.25) is 4.68 Å². The summed E-state index contributed by atoms with van der Waals surface area (Å²) in [5, 5.41) is 11.7. The molecule has 136 valence electrons. The minimum Gasteiger partial charge on any atom is -0.497 e. The van der Waals surface area contributed by atoms with E-state index in [0.29, 0.717) is 11.8 Å². The Labute approximate surface area is 151 Å². The van der Waals surface area contributed by atoms with Crippen LogP contribution in [0.2, 0.25) is 0 Å². The van der Waals surface area contributed by atoms with Crippen LogP contribution in [-0.4, -0.2) is 46.2 Å². The highest BCUT2D eigenvalue weighted by Crippen LogP contribution is 2.24. The molecule has 0 aliphatic carbocycles. The number of methoxy groups -OCH3 is 1. The predicted octanol–water partition coefficient (Wildman–Crippen LogP) is 2.56. The van der Waals surface area contributed by atoms with Gasteiger partial charge in [0.05, 0.1) is 19.0 Å². The average molecular weight is 354 g/mol. The van der Waals surface area contributed by atoms with E-state index in [1.165, 1.54) is 0 Å². The lowest BCUT2D eigenvalue weighted by Crippen LogP contribution is -2.42. The normalized spacial score (nSPS) is 17.3. The number of rotatable bonds is 5. The summed E-state index contributed by atoms with van der Waals surface area (Å²) in [6, 6.07) is 8.31. The van der Waals surface area contributed by atoms with Crippen LogP contribution < -0.4 is 15.0 Å². The van der Waals surface area contributed by atoms with Crippen molar-refractivity contribution in [2.24, 2.45) is 7.05 Å². The Morgan fingerprint density at radius 2 is 2.27 bits per heavy atom. The van der Waals surface area contributed by atoms with E-state index in [2.05, 4.69) is 25.5 Å². The lowest BCUT2D eigenvalue weighted by atomic mass is 10.1. The van der Waals surface area contributed by atoms with Crippen molar-refractivity contribution < 1.29 is 9.26 Å².